The van der Waals surface area contributed by atoms with Crippen molar-refractivity contribution in [1.29, 1.82) is 5.26 Å². The Morgan fingerprint density at radius 3 is 2.41 bits per heavy atom. The largest absolute Gasteiger partial charge is 0.346 e. The smallest absolute Gasteiger partial charge is 0.129 e. The zero-order valence-electron chi connectivity index (χ0n) is 17.4. The average Bonchev–Trinajstić information content (AvgIpc) is 2.96. The van der Waals surface area contributed by atoms with Gasteiger partial charge in [-0.15, -0.1) is 0 Å². The zero-order chi connectivity index (χ0) is 20.4. The lowest BCUT2D eigenvalue weighted by atomic mass is 9.91. The van der Waals surface area contributed by atoms with Crippen molar-refractivity contribution < 1.29 is 4.39 Å². The quantitative estimate of drug-likeness (QED) is 0.653. The highest BCUT2D eigenvalue weighted by Crippen LogP contribution is 2.41. The van der Waals surface area contributed by atoms with E-state index in [-0.39, 0.29) is 16.8 Å². The molecule has 1 saturated carbocycles. The van der Waals surface area contributed by atoms with Crippen molar-refractivity contribution in [3.05, 3.63) is 53.8 Å². The third kappa shape index (κ3) is 4.91. The highest BCUT2D eigenvalue weighted by atomic mass is 19.1. The van der Waals surface area contributed by atoms with E-state index in [4.69, 9.17) is 0 Å². The molecular formula is C23H32FN3. The summed E-state index contributed by atoms with van der Waals surface area (Å²) in [6, 6.07) is 5.13. The first-order valence-corrected chi connectivity index (χ1v) is 9.61. The Morgan fingerprint density at radius 2 is 1.89 bits per heavy atom. The van der Waals surface area contributed by atoms with Crippen molar-refractivity contribution in [2.75, 3.05) is 4.90 Å². The number of halogens is 1. The normalized spacial score (nSPS) is 15.9. The molecule has 0 aromatic heterocycles. The third-order valence-corrected chi connectivity index (χ3v) is 5.24. The van der Waals surface area contributed by atoms with Crippen LogP contribution < -0.4 is 10.2 Å². The zero-order valence-corrected chi connectivity index (χ0v) is 17.4. The minimum atomic E-state index is -0.364. The molecule has 1 aliphatic rings. The maximum absolute atomic E-state index is 14.5. The topological polar surface area (TPSA) is 39.1 Å². The van der Waals surface area contributed by atoms with E-state index in [2.05, 4.69) is 57.1 Å². The van der Waals surface area contributed by atoms with Gasteiger partial charge in [0, 0.05) is 16.8 Å². The summed E-state index contributed by atoms with van der Waals surface area (Å²) in [6.07, 6.45) is 5.06. The van der Waals surface area contributed by atoms with Crippen molar-refractivity contribution in [3.8, 4) is 6.07 Å². The van der Waals surface area contributed by atoms with Crippen LogP contribution in [0.15, 0.2) is 36.8 Å². The van der Waals surface area contributed by atoms with Gasteiger partial charge in [0.05, 0.1) is 17.3 Å². The molecule has 1 aromatic carbocycles. The van der Waals surface area contributed by atoms with Gasteiger partial charge in [-0.2, -0.15) is 5.26 Å². The average molecular weight is 370 g/mol. The molecular weight excluding hydrogens is 337 g/mol. The van der Waals surface area contributed by atoms with E-state index in [1.54, 1.807) is 13.0 Å². The SMILES string of the molecule is C=C(CC(C)(C)C)NC(=C)N(c1cc(C#N)cc(F)c1C)C1(C)CCCC1. The summed E-state index contributed by atoms with van der Waals surface area (Å²) in [6.45, 7) is 18.9. The highest BCUT2D eigenvalue weighted by molar-refractivity contribution is 5.63. The third-order valence-electron chi connectivity index (χ3n) is 5.24. The Balaban J connectivity index is 2.45. The van der Waals surface area contributed by atoms with E-state index < -0.39 is 0 Å². The molecule has 27 heavy (non-hydrogen) atoms. The number of hydrogen-bond donors (Lipinski definition) is 1. The molecule has 0 aliphatic heterocycles. The second-order valence-corrected chi connectivity index (χ2v) is 9.17. The standard InChI is InChI=1S/C23H32FN3/c1-16(14-22(4,5)6)26-18(3)27(23(7)10-8-9-11-23)21-13-19(15-25)12-20(24)17(21)2/h12-13,26H,1,3,8-11,14H2,2,4-7H3. The Bertz CT molecular complexity index is 774. The van der Waals surface area contributed by atoms with E-state index in [0.29, 0.717) is 22.6 Å². The number of rotatable bonds is 6. The summed E-state index contributed by atoms with van der Waals surface area (Å²) in [5.74, 6) is 0.322. The summed E-state index contributed by atoms with van der Waals surface area (Å²) in [7, 11) is 0. The van der Waals surface area contributed by atoms with Crippen LogP contribution >= 0.6 is 0 Å². The van der Waals surface area contributed by atoms with Gasteiger partial charge in [-0.05, 0) is 50.7 Å². The van der Waals surface area contributed by atoms with Crippen LogP contribution in [0.25, 0.3) is 0 Å². The van der Waals surface area contributed by atoms with Crippen molar-refractivity contribution >= 4 is 5.69 Å². The lowest BCUT2D eigenvalue weighted by Gasteiger charge is -2.43. The van der Waals surface area contributed by atoms with Crippen molar-refractivity contribution in [2.45, 2.75) is 72.3 Å². The van der Waals surface area contributed by atoms with Gasteiger partial charge in [-0.25, -0.2) is 4.39 Å². The Morgan fingerprint density at radius 1 is 1.30 bits per heavy atom. The van der Waals surface area contributed by atoms with E-state index >= 15 is 0 Å². The summed E-state index contributed by atoms with van der Waals surface area (Å²) >= 11 is 0. The van der Waals surface area contributed by atoms with Gasteiger partial charge in [-0.1, -0.05) is 46.8 Å². The predicted octanol–water partition coefficient (Wildman–Crippen LogP) is 6.16. The summed E-state index contributed by atoms with van der Waals surface area (Å²) in [5, 5.41) is 12.7. The molecule has 0 unspecified atom stereocenters. The van der Waals surface area contributed by atoms with E-state index in [1.165, 1.54) is 6.07 Å². The van der Waals surface area contributed by atoms with Crippen LogP contribution in [0, 0.1) is 29.5 Å². The molecule has 0 heterocycles. The number of anilines is 1. The first kappa shape index (κ1) is 21.0. The maximum Gasteiger partial charge on any atom is 0.129 e. The molecule has 4 heteroatoms. The monoisotopic (exact) mass is 369 g/mol. The molecule has 3 nitrogen and oxygen atoms in total. The Hall–Kier alpha value is -2.28. The number of benzene rings is 1. The van der Waals surface area contributed by atoms with E-state index in [9.17, 15) is 9.65 Å². The first-order chi connectivity index (χ1) is 12.5. The number of hydrogen-bond acceptors (Lipinski definition) is 3. The highest BCUT2D eigenvalue weighted by Gasteiger charge is 2.38. The molecule has 0 spiro atoms. The molecule has 2 rings (SSSR count). The molecule has 0 amide bonds. The van der Waals surface area contributed by atoms with Crippen LogP contribution in [0.1, 0.15) is 70.9 Å². The van der Waals surface area contributed by atoms with Gasteiger partial charge in [0.2, 0.25) is 0 Å². The van der Waals surface area contributed by atoms with Crippen LogP contribution in [0.3, 0.4) is 0 Å². The van der Waals surface area contributed by atoms with Crippen molar-refractivity contribution in [3.63, 3.8) is 0 Å². The van der Waals surface area contributed by atoms with Crippen molar-refractivity contribution in [2.24, 2.45) is 5.41 Å². The fourth-order valence-corrected chi connectivity index (χ4v) is 4.03. The van der Waals surface area contributed by atoms with Crippen LogP contribution in [0.2, 0.25) is 0 Å². The Kier molecular flexibility index (Phi) is 6.04. The van der Waals surface area contributed by atoms with Gasteiger partial charge < -0.3 is 10.2 Å². The first-order valence-electron chi connectivity index (χ1n) is 9.61. The van der Waals surface area contributed by atoms with E-state index in [1.807, 2.05) is 0 Å². The van der Waals surface area contributed by atoms with Gasteiger partial charge in [0.1, 0.15) is 11.6 Å². The molecule has 0 radical (unpaired) electrons. The van der Waals surface area contributed by atoms with E-state index in [0.717, 1.165) is 37.8 Å². The van der Waals surface area contributed by atoms with Crippen LogP contribution in [0.5, 0.6) is 0 Å². The molecule has 1 aromatic rings. The second kappa shape index (κ2) is 7.76. The van der Waals surface area contributed by atoms with Gasteiger partial charge in [0.15, 0.2) is 0 Å². The minimum Gasteiger partial charge on any atom is -0.346 e. The fourth-order valence-electron chi connectivity index (χ4n) is 4.03. The molecule has 1 fully saturated rings. The predicted molar refractivity (Wildman–Crippen MR) is 111 cm³/mol. The number of nitriles is 1. The molecule has 1 N–H and O–H groups in total. The van der Waals surface area contributed by atoms with Gasteiger partial charge in [0.25, 0.3) is 0 Å². The number of nitrogens with zero attached hydrogens (tertiary/aromatic N) is 2. The lowest BCUT2D eigenvalue weighted by Crippen LogP contribution is -2.47. The summed E-state index contributed by atoms with van der Waals surface area (Å²) < 4.78 is 14.5. The minimum absolute atomic E-state index is 0.106. The molecule has 0 bridgehead atoms. The summed E-state index contributed by atoms with van der Waals surface area (Å²) in [4.78, 5) is 2.09. The molecule has 1 aliphatic carbocycles. The van der Waals surface area contributed by atoms with Crippen LogP contribution in [0.4, 0.5) is 10.1 Å². The molecule has 0 saturated heterocycles. The van der Waals surface area contributed by atoms with Crippen molar-refractivity contribution in [1.82, 2.24) is 5.32 Å². The van der Waals surface area contributed by atoms with Gasteiger partial charge in [-0.3, -0.25) is 0 Å². The van der Waals surface area contributed by atoms with Gasteiger partial charge >= 0.3 is 0 Å². The lowest BCUT2D eigenvalue weighted by molar-refractivity contribution is 0.398. The molecule has 146 valence electrons. The maximum atomic E-state index is 14.5. The van der Waals surface area contributed by atoms with Crippen LogP contribution in [-0.4, -0.2) is 5.54 Å². The number of nitrogens with one attached hydrogen (secondary N) is 1. The summed E-state index contributed by atoms with van der Waals surface area (Å²) in [5.41, 5.74) is 2.38. The Labute approximate surface area is 163 Å². The second-order valence-electron chi connectivity index (χ2n) is 9.17. The fraction of sp³-hybridized carbons (Fsp3) is 0.522. The molecule has 0 atom stereocenters. The van der Waals surface area contributed by atoms with Crippen LogP contribution in [-0.2, 0) is 0 Å². The number of allylic oxidation sites excluding steroid dienone is 1.